The van der Waals surface area contributed by atoms with Crippen LogP contribution < -0.4 is 21.3 Å². The summed E-state index contributed by atoms with van der Waals surface area (Å²) in [5.41, 5.74) is 14.7. The molecular formula is C17H24N6S. The Morgan fingerprint density at radius 1 is 1.00 bits per heavy atom. The van der Waals surface area contributed by atoms with Crippen LogP contribution in [-0.4, -0.2) is 41.9 Å². The first-order chi connectivity index (χ1) is 11.6. The van der Waals surface area contributed by atoms with Crippen LogP contribution in [0, 0.1) is 6.92 Å². The van der Waals surface area contributed by atoms with Crippen molar-refractivity contribution in [2.75, 3.05) is 53.2 Å². The Morgan fingerprint density at radius 2 is 1.62 bits per heavy atom. The molecule has 1 fully saturated rings. The van der Waals surface area contributed by atoms with Gasteiger partial charge in [0.25, 0.3) is 0 Å². The quantitative estimate of drug-likeness (QED) is 0.824. The summed E-state index contributed by atoms with van der Waals surface area (Å²) in [6.07, 6.45) is 0. The van der Waals surface area contributed by atoms with Gasteiger partial charge in [0.05, 0.1) is 5.69 Å². The van der Waals surface area contributed by atoms with Crippen molar-refractivity contribution in [2.45, 2.75) is 18.7 Å². The van der Waals surface area contributed by atoms with E-state index in [1.54, 1.807) is 0 Å². The van der Waals surface area contributed by atoms with Gasteiger partial charge in [-0.05, 0) is 36.9 Å². The van der Waals surface area contributed by atoms with Crippen molar-refractivity contribution in [3.63, 3.8) is 0 Å². The molecule has 0 atom stereocenters. The lowest BCUT2D eigenvalue weighted by Gasteiger charge is -2.38. The number of anilines is 4. The van der Waals surface area contributed by atoms with E-state index in [0.717, 1.165) is 43.3 Å². The molecule has 1 saturated heterocycles. The lowest BCUT2D eigenvalue weighted by Crippen LogP contribution is -2.47. The van der Waals surface area contributed by atoms with Crippen LogP contribution in [0.2, 0.25) is 0 Å². The van der Waals surface area contributed by atoms with Gasteiger partial charge in [-0.25, -0.2) is 4.98 Å². The van der Waals surface area contributed by atoms with E-state index < -0.39 is 0 Å². The highest BCUT2D eigenvalue weighted by atomic mass is 32.2. The maximum absolute atomic E-state index is 6.06. The molecule has 0 amide bonds. The van der Waals surface area contributed by atoms with Crippen molar-refractivity contribution in [1.29, 1.82) is 0 Å². The number of thioether (sulfide) groups is 1. The summed E-state index contributed by atoms with van der Waals surface area (Å²) in [7, 11) is 0. The Balaban J connectivity index is 1.67. The van der Waals surface area contributed by atoms with Crippen LogP contribution in [-0.2, 0) is 0 Å². The molecule has 6 nitrogen and oxygen atoms in total. The Bertz CT molecular complexity index is 672. The van der Waals surface area contributed by atoms with E-state index in [0.29, 0.717) is 5.82 Å². The van der Waals surface area contributed by atoms with Crippen molar-refractivity contribution < 1.29 is 0 Å². The van der Waals surface area contributed by atoms with Gasteiger partial charge in [-0.1, -0.05) is 6.92 Å². The predicted octanol–water partition coefficient (Wildman–Crippen LogP) is 2.39. The largest absolute Gasteiger partial charge is 0.382 e. The molecular weight excluding hydrogens is 320 g/mol. The van der Waals surface area contributed by atoms with Crippen LogP contribution in [0.1, 0.15) is 12.6 Å². The minimum absolute atomic E-state index is 0.234. The molecule has 2 aromatic rings. The topological polar surface area (TPSA) is 84.3 Å². The van der Waals surface area contributed by atoms with E-state index in [-0.39, 0.29) is 5.95 Å². The fraction of sp³-hybridized carbons (Fsp3) is 0.412. The van der Waals surface area contributed by atoms with E-state index in [1.807, 2.05) is 18.7 Å². The van der Waals surface area contributed by atoms with Gasteiger partial charge < -0.3 is 21.3 Å². The van der Waals surface area contributed by atoms with Gasteiger partial charge in [-0.3, -0.25) is 0 Å². The van der Waals surface area contributed by atoms with Gasteiger partial charge in [-0.2, -0.15) is 4.98 Å². The van der Waals surface area contributed by atoms with Gasteiger partial charge in [0.2, 0.25) is 5.95 Å². The van der Waals surface area contributed by atoms with E-state index in [1.165, 1.54) is 10.6 Å². The molecule has 1 aliphatic heterocycles. The van der Waals surface area contributed by atoms with E-state index >= 15 is 0 Å². The Hall–Kier alpha value is -2.15. The van der Waals surface area contributed by atoms with Gasteiger partial charge >= 0.3 is 0 Å². The third-order valence-electron chi connectivity index (χ3n) is 4.21. The van der Waals surface area contributed by atoms with Crippen LogP contribution in [0.15, 0.2) is 29.2 Å². The van der Waals surface area contributed by atoms with Crippen LogP contribution in [0.3, 0.4) is 0 Å². The molecule has 128 valence electrons. The molecule has 1 aliphatic rings. The number of nitrogens with two attached hydrogens (primary N) is 2. The summed E-state index contributed by atoms with van der Waals surface area (Å²) in [4.78, 5) is 14.3. The normalized spacial score (nSPS) is 14.9. The SMILES string of the molecule is CCSc1ccc(N2CCN(c3c(C)nc(N)nc3N)CC2)cc1. The number of rotatable bonds is 4. The predicted molar refractivity (Wildman–Crippen MR) is 103 cm³/mol. The number of nitrogens with zero attached hydrogens (tertiary/aromatic N) is 4. The standard InChI is InChI=1S/C17H24N6S/c1-3-24-14-6-4-13(5-7-14)22-8-10-23(11-9-22)15-12(2)20-17(19)21-16(15)18/h4-7H,3,8-11H2,1-2H3,(H4,18,19,20,21). The Kier molecular flexibility index (Phi) is 4.99. The minimum atomic E-state index is 0.234. The number of hydrogen-bond acceptors (Lipinski definition) is 7. The zero-order valence-corrected chi connectivity index (χ0v) is 15.0. The molecule has 0 radical (unpaired) electrons. The molecule has 3 rings (SSSR count). The Morgan fingerprint density at radius 3 is 2.21 bits per heavy atom. The highest BCUT2D eigenvalue weighted by molar-refractivity contribution is 7.99. The second kappa shape index (κ2) is 7.17. The molecule has 1 aromatic heterocycles. The summed E-state index contributed by atoms with van der Waals surface area (Å²) in [5.74, 6) is 1.80. The van der Waals surface area contributed by atoms with E-state index in [2.05, 4.69) is 51.0 Å². The lowest BCUT2D eigenvalue weighted by atomic mass is 10.2. The van der Waals surface area contributed by atoms with Crippen molar-refractivity contribution in [2.24, 2.45) is 0 Å². The second-order valence-corrected chi connectivity index (χ2v) is 7.14. The maximum atomic E-state index is 6.06. The molecule has 4 N–H and O–H groups in total. The molecule has 24 heavy (non-hydrogen) atoms. The van der Waals surface area contributed by atoms with E-state index in [4.69, 9.17) is 11.5 Å². The average molecular weight is 344 g/mol. The van der Waals surface area contributed by atoms with Gasteiger partial charge in [-0.15, -0.1) is 11.8 Å². The highest BCUT2D eigenvalue weighted by Gasteiger charge is 2.22. The zero-order chi connectivity index (χ0) is 17.1. The molecule has 0 aliphatic carbocycles. The first kappa shape index (κ1) is 16.7. The van der Waals surface area contributed by atoms with Gasteiger partial charge in [0.1, 0.15) is 5.69 Å². The zero-order valence-electron chi connectivity index (χ0n) is 14.2. The Labute approximate surface area is 147 Å². The van der Waals surface area contributed by atoms with Crippen molar-refractivity contribution in [1.82, 2.24) is 9.97 Å². The van der Waals surface area contributed by atoms with Crippen molar-refractivity contribution in [3.05, 3.63) is 30.0 Å². The molecule has 0 bridgehead atoms. The van der Waals surface area contributed by atoms with Crippen LogP contribution >= 0.6 is 11.8 Å². The third kappa shape index (κ3) is 3.51. The molecule has 0 unspecified atom stereocenters. The number of benzene rings is 1. The molecule has 7 heteroatoms. The second-order valence-electron chi connectivity index (χ2n) is 5.80. The molecule has 1 aromatic carbocycles. The summed E-state index contributed by atoms with van der Waals surface area (Å²) in [5, 5.41) is 0. The number of hydrogen-bond donors (Lipinski definition) is 2. The van der Waals surface area contributed by atoms with Gasteiger partial charge in [0, 0.05) is 36.8 Å². The van der Waals surface area contributed by atoms with Crippen molar-refractivity contribution in [3.8, 4) is 0 Å². The smallest absolute Gasteiger partial charge is 0.222 e. The fourth-order valence-corrected chi connectivity index (χ4v) is 3.77. The summed E-state index contributed by atoms with van der Waals surface area (Å²) in [6.45, 7) is 7.78. The molecule has 2 heterocycles. The highest BCUT2D eigenvalue weighted by Crippen LogP contribution is 2.28. The van der Waals surface area contributed by atoms with Crippen LogP contribution in [0.25, 0.3) is 0 Å². The summed E-state index contributed by atoms with van der Waals surface area (Å²) in [6, 6.07) is 8.82. The minimum Gasteiger partial charge on any atom is -0.382 e. The number of aryl methyl sites for hydroxylation is 1. The number of piperazine rings is 1. The fourth-order valence-electron chi connectivity index (χ4n) is 3.11. The first-order valence-corrected chi connectivity index (χ1v) is 9.19. The van der Waals surface area contributed by atoms with Gasteiger partial charge in [0.15, 0.2) is 5.82 Å². The van der Waals surface area contributed by atoms with Crippen molar-refractivity contribution >= 4 is 34.9 Å². The van der Waals surface area contributed by atoms with E-state index in [9.17, 15) is 0 Å². The average Bonchev–Trinajstić information content (AvgIpc) is 2.56. The summed E-state index contributed by atoms with van der Waals surface area (Å²) >= 11 is 1.87. The maximum Gasteiger partial charge on any atom is 0.222 e. The van der Waals surface area contributed by atoms with Crippen LogP contribution in [0.4, 0.5) is 23.1 Å². The van der Waals surface area contributed by atoms with Crippen LogP contribution in [0.5, 0.6) is 0 Å². The molecule has 0 spiro atoms. The number of nitrogen functional groups attached to an aromatic ring is 2. The number of aromatic nitrogens is 2. The third-order valence-corrected chi connectivity index (χ3v) is 5.11. The first-order valence-electron chi connectivity index (χ1n) is 8.21. The molecule has 0 saturated carbocycles. The monoisotopic (exact) mass is 344 g/mol. The lowest BCUT2D eigenvalue weighted by molar-refractivity contribution is 0.651. The summed E-state index contributed by atoms with van der Waals surface area (Å²) < 4.78 is 0.